The Labute approximate surface area is 135 Å². The van der Waals surface area contributed by atoms with Crippen molar-refractivity contribution < 1.29 is 9.18 Å². The largest absolute Gasteiger partial charge is 0.350 e. The fourth-order valence-electron chi connectivity index (χ4n) is 5.74. The van der Waals surface area contributed by atoms with Gasteiger partial charge in [0.25, 0.3) is 0 Å². The highest BCUT2D eigenvalue weighted by Crippen LogP contribution is 2.62. The Morgan fingerprint density at radius 1 is 1.27 bits per heavy atom. The highest BCUT2D eigenvalue weighted by atomic mass is 35.5. The maximum atomic E-state index is 13.8. The molecule has 0 saturated heterocycles. The van der Waals surface area contributed by atoms with Gasteiger partial charge in [0, 0.05) is 5.54 Å². The molecule has 22 heavy (non-hydrogen) atoms. The number of benzene rings is 1. The van der Waals surface area contributed by atoms with Gasteiger partial charge in [-0.1, -0.05) is 13.0 Å². The maximum absolute atomic E-state index is 13.8. The Morgan fingerprint density at radius 2 is 1.95 bits per heavy atom. The van der Waals surface area contributed by atoms with Crippen molar-refractivity contribution in [3.63, 3.8) is 0 Å². The van der Waals surface area contributed by atoms with Crippen LogP contribution >= 0.6 is 11.6 Å². The minimum Gasteiger partial charge on any atom is -0.350 e. The number of nitrogens with one attached hydrogen (secondary N) is 1. The molecule has 2 nitrogen and oxygen atoms in total. The van der Waals surface area contributed by atoms with Gasteiger partial charge in [0.2, 0.25) is 5.91 Å². The van der Waals surface area contributed by atoms with Crippen LogP contribution in [-0.2, 0) is 4.79 Å². The van der Waals surface area contributed by atoms with Gasteiger partial charge in [-0.2, -0.15) is 0 Å². The Bertz CT molecular complexity index is 648. The van der Waals surface area contributed by atoms with Crippen LogP contribution in [0.15, 0.2) is 18.2 Å². The van der Waals surface area contributed by atoms with Crippen molar-refractivity contribution in [3.8, 4) is 0 Å². The molecule has 1 amide bonds. The summed E-state index contributed by atoms with van der Waals surface area (Å²) in [6.07, 6.45) is 5.13. The molecular weight excluding hydrogens is 301 g/mol. The zero-order chi connectivity index (χ0) is 15.5. The Kier molecular flexibility index (Phi) is 3.10. The van der Waals surface area contributed by atoms with E-state index in [1.54, 1.807) is 12.1 Å². The zero-order valence-electron chi connectivity index (χ0n) is 12.8. The second kappa shape index (κ2) is 4.70. The number of amides is 1. The number of hydrogen-bond donors (Lipinski definition) is 1. The molecule has 4 bridgehead atoms. The normalized spacial score (nSPS) is 38.5. The second-order valence-electron chi connectivity index (χ2n) is 7.93. The van der Waals surface area contributed by atoms with Crippen LogP contribution in [0.2, 0.25) is 0 Å². The molecule has 4 unspecified atom stereocenters. The summed E-state index contributed by atoms with van der Waals surface area (Å²) < 4.78 is 13.8. The average Bonchev–Trinajstić information content (AvgIpc) is 2.57. The smallest absolute Gasteiger partial charge is 0.235 e. The van der Waals surface area contributed by atoms with Gasteiger partial charge in [0.05, 0.1) is 0 Å². The van der Waals surface area contributed by atoms with Crippen molar-refractivity contribution in [1.82, 2.24) is 5.32 Å². The molecule has 2 fully saturated rings. The topological polar surface area (TPSA) is 29.1 Å². The average molecular weight is 322 g/mol. The predicted molar refractivity (Wildman–Crippen MR) is 84.7 cm³/mol. The first-order valence-corrected chi connectivity index (χ1v) is 8.62. The van der Waals surface area contributed by atoms with Gasteiger partial charge in [-0.15, -0.1) is 11.6 Å². The fraction of sp³-hybridized carbons (Fsp3) is 0.611. The number of alkyl halides is 1. The summed E-state index contributed by atoms with van der Waals surface area (Å²) in [4.78, 5) is 11.9. The third-order valence-corrected chi connectivity index (χ3v) is 6.22. The monoisotopic (exact) mass is 321 g/mol. The van der Waals surface area contributed by atoms with Crippen LogP contribution < -0.4 is 5.32 Å². The molecule has 1 aromatic rings. The van der Waals surface area contributed by atoms with Crippen molar-refractivity contribution in [1.29, 1.82) is 0 Å². The molecule has 1 aromatic carbocycles. The Balaban J connectivity index is 1.80. The Hall–Kier alpha value is -1.09. The van der Waals surface area contributed by atoms with Gasteiger partial charge in [0.15, 0.2) is 0 Å². The minimum absolute atomic E-state index is 0.00930. The Morgan fingerprint density at radius 3 is 2.64 bits per heavy atom. The zero-order valence-corrected chi connectivity index (χ0v) is 13.5. The molecule has 118 valence electrons. The van der Waals surface area contributed by atoms with Gasteiger partial charge >= 0.3 is 0 Å². The molecule has 4 atom stereocenters. The second-order valence-corrected chi connectivity index (χ2v) is 8.20. The molecular formula is C18H21ClFNO. The van der Waals surface area contributed by atoms with E-state index in [0.29, 0.717) is 11.8 Å². The van der Waals surface area contributed by atoms with Crippen molar-refractivity contribution in [2.75, 3.05) is 5.88 Å². The van der Waals surface area contributed by atoms with E-state index in [9.17, 15) is 9.18 Å². The number of hydrogen-bond acceptors (Lipinski definition) is 1. The molecule has 4 aliphatic rings. The summed E-state index contributed by atoms with van der Waals surface area (Å²) in [5, 5.41) is 3.22. The number of halogens is 2. The molecule has 0 aromatic heterocycles. The first kappa shape index (κ1) is 14.5. The lowest BCUT2D eigenvalue weighted by atomic mass is 9.55. The standard InChI is InChI=1S/C18H21ClFNO/c1-17-5-11-7-18(10-17,21-16(22)9-19)8-12(6-17)15-4-13(20)2-3-14(11)15/h2-4,11-12H,5-10H2,1H3,(H,21,22). The van der Waals surface area contributed by atoms with E-state index < -0.39 is 0 Å². The van der Waals surface area contributed by atoms with Crippen LogP contribution in [0.25, 0.3) is 0 Å². The lowest BCUT2D eigenvalue weighted by Gasteiger charge is -2.54. The molecule has 0 spiro atoms. The van der Waals surface area contributed by atoms with Gasteiger partial charge in [-0.3, -0.25) is 4.79 Å². The third kappa shape index (κ3) is 2.17. The van der Waals surface area contributed by atoms with Crippen LogP contribution in [0.4, 0.5) is 4.39 Å². The molecule has 4 aliphatic carbocycles. The van der Waals surface area contributed by atoms with E-state index >= 15 is 0 Å². The molecule has 1 N–H and O–H groups in total. The highest BCUT2D eigenvalue weighted by Gasteiger charge is 2.55. The van der Waals surface area contributed by atoms with Crippen LogP contribution in [0.1, 0.15) is 62.0 Å². The van der Waals surface area contributed by atoms with E-state index in [4.69, 9.17) is 11.6 Å². The van der Waals surface area contributed by atoms with Crippen molar-refractivity contribution in [3.05, 3.63) is 35.1 Å². The lowest BCUT2D eigenvalue weighted by molar-refractivity contribution is -0.122. The SMILES string of the molecule is CC12CC3CC(NC(=O)CCl)(CC(C1)c1cc(F)ccc13)C2. The van der Waals surface area contributed by atoms with E-state index in [1.807, 2.05) is 6.07 Å². The first-order valence-electron chi connectivity index (χ1n) is 8.08. The number of rotatable bonds is 2. The summed E-state index contributed by atoms with van der Waals surface area (Å²) in [6.45, 7) is 2.33. The molecule has 0 heterocycles. The van der Waals surface area contributed by atoms with Crippen LogP contribution in [0.5, 0.6) is 0 Å². The summed E-state index contributed by atoms with van der Waals surface area (Å²) >= 11 is 5.72. The quantitative estimate of drug-likeness (QED) is 0.817. The predicted octanol–water partition coefficient (Wildman–Crippen LogP) is 4.08. The summed E-state index contributed by atoms with van der Waals surface area (Å²) in [7, 11) is 0. The summed E-state index contributed by atoms with van der Waals surface area (Å²) in [6, 6.07) is 5.28. The van der Waals surface area contributed by atoms with Gasteiger partial charge in [0.1, 0.15) is 11.7 Å². The summed E-state index contributed by atoms with van der Waals surface area (Å²) in [5.41, 5.74) is 2.54. The number of carbonyl (C=O) groups excluding carboxylic acids is 1. The fourth-order valence-corrected chi connectivity index (χ4v) is 5.80. The lowest BCUT2D eigenvalue weighted by Crippen LogP contribution is -2.57. The van der Waals surface area contributed by atoms with E-state index in [0.717, 1.165) is 32.1 Å². The molecule has 5 rings (SSSR count). The van der Waals surface area contributed by atoms with E-state index in [-0.39, 0.29) is 28.6 Å². The van der Waals surface area contributed by atoms with Crippen molar-refractivity contribution >= 4 is 17.5 Å². The molecule has 4 heteroatoms. The van der Waals surface area contributed by atoms with Gasteiger partial charge in [-0.25, -0.2) is 4.39 Å². The summed E-state index contributed by atoms with van der Waals surface area (Å²) in [5.74, 6) is 0.534. The van der Waals surface area contributed by atoms with Crippen LogP contribution in [0.3, 0.4) is 0 Å². The minimum atomic E-state index is -0.165. The molecule has 2 saturated carbocycles. The van der Waals surface area contributed by atoms with Crippen molar-refractivity contribution in [2.45, 2.75) is 56.4 Å². The molecule has 0 aliphatic heterocycles. The van der Waals surface area contributed by atoms with Crippen LogP contribution in [-0.4, -0.2) is 17.3 Å². The van der Waals surface area contributed by atoms with Gasteiger partial charge in [-0.05, 0) is 72.6 Å². The van der Waals surface area contributed by atoms with Crippen LogP contribution in [0, 0.1) is 11.2 Å². The van der Waals surface area contributed by atoms with E-state index in [1.165, 1.54) is 11.1 Å². The third-order valence-electron chi connectivity index (χ3n) is 5.97. The van der Waals surface area contributed by atoms with Gasteiger partial charge < -0.3 is 5.32 Å². The highest BCUT2D eigenvalue weighted by molar-refractivity contribution is 6.27. The maximum Gasteiger partial charge on any atom is 0.235 e. The van der Waals surface area contributed by atoms with E-state index in [2.05, 4.69) is 12.2 Å². The molecule has 0 radical (unpaired) electrons. The first-order chi connectivity index (χ1) is 10.4. The van der Waals surface area contributed by atoms with Crippen molar-refractivity contribution in [2.24, 2.45) is 5.41 Å². The number of carbonyl (C=O) groups is 1.